The number of hydrogen-bond acceptors (Lipinski definition) is 4. The van der Waals surface area contributed by atoms with E-state index in [1.807, 2.05) is 12.1 Å². The van der Waals surface area contributed by atoms with Crippen molar-refractivity contribution in [2.45, 2.75) is 26.2 Å². The summed E-state index contributed by atoms with van der Waals surface area (Å²) in [5.41, 5.74) is 1.04. The van der Waals surface area contributed by atoms with Gasteiger partial charge in [-0.05, 0) is 17.9 Å². The quantitative estimate of drug-likeness (QED) is 0.559. The molecule has 0 amide bonds. The highest BCUT2D eigenvalue weighted by Crippen LogP contribution is 2.27. The molecule has 4 heteroatoms. The SMILES string of the molecule is C=CCN(CCCCC)c1ncnc2ccsc12. The summed E-state index contributed by atoms with van der Waals surface area (Å²) in [6, 6.07) is 2.04. The monoisotopic (exact) mass is 261 g/mol. The van der Waals surface area contributed by atoms with Gasteiger partial charge < -0.3 is 4.90 Å². The van der Waals surface area contributed by atoms with Crippen molar-refractivity contribution < 1.29 is 0 Å². The lowest BCUT2D eigenvalue weighted by atomic mass is 10.2. The van der Waals surface area contributed by atoms with E-state index in [-0.39, 0.29) is 0 Å². The van der Waals surface area contributed by atoms with E-state index >= 15 is 0 Å². The Bertz CT molecular complexity index is 506. The van der Waals surface area contributed by atoms with Crippen molar-refractivity contribution in [2.24, 2.45) is 0 Å². The number of nitrogens with zero attached hydrogens (tertiary/aromatic N) is 3. The molecule has 0 saturated heterocycles. The van der Waals surface area contributed by atoms with Gasteiger partial charge in [-0.3, -0.25) is 0 Å². The molecule has 18 heavy (non-hydrogen) atoms. The van der Waals surface area contributed by atoms with Gasteiger partial charge in [0.25, 0.3) is 0 Å². The maximum atomic E-state index is 4.45. The smallest absolute Gasteiger partial charge is 0.150 e. The van der Waals surface area contributed by atoms with Gasteiger partial charge in [-0.15, -0.1) is 17.9 Å². The maximum absolute atomic E-state index is 4.45. The van der Waals surface area contributed by atoms with E-state index < -0.39 is 0 Å². The lowest BCUT2D eigenvalue weighted by Crippen LogP contribution is -2.25. The van der Waals surface area contributed by atoms with Gasteiger partial charge in [0, 0.05) is 13.1 Å². The van der Waals surface area contributed by atoms with Crippen LogP contribution >= 0.6 is 11.3 Å². The Kier molecular flexibility index (Phi) is 4.70. The van der Waals surface area contributed by atoms with E-state index in [1.54, 1.807) is 17.7 Å². The zero-order valence-corrected chi connectivity index (χ0v) is 11.6. The van der Waals surface area contributed by atoms with Gasteiger partial charge in [0.2, 0.25) is 0 Å². The van der Waals surface area contributed by atoms with Crippen molar-refractivity contribution in [3.63, 3.8) is 0 Å². The minimum atomic E-state index is 0.841. The van der Waals surface area contributed by atoms with Crippen LogP contribution in [0.25, 0.3) is 10.2 Å². The lowest BCUT2D eigenvalue weighted by Gasteiger charge is -2.22. The second-order valence-corrected chi connectivity index (χ2v) is 5.19. The zero-order valence-electron chi connectivity index (χ0n) is 10.8. The van der Waals surface area contributed by atoms with E-state index in [0.717, 1.165) is 24.4 Å². The van der Waals surface area contributed by atoms with Crippen molar-refractivity contribution in [1.29, 1.82) is 0 Å². The van der Waals surface area contributed by atoms with Crippen molar-refractivity contribution in [3.8, 4) is 0 Å². The summed E-state index contributed by atoms with van der Waals surface area (Å²) >= 11 is 1.71. The maximum Gasteiger partial charge on any atom is 0.150 e. The molecule has 2 heterocycles. The molecule has 0 bridgehead atoms. The van der Waals surface area contributed by atoms with Gasteiger partial charge >= 0.3 is 0 Å². The molecule has 0 atom stereocenters. The summed E-state index contributed by atoms with van der Waals surface area (Å²) in [6.07, 6.45) is 7.28. The average molecular weight is 261 g/mol. The highest BCUT2D eigenvalue weighted by atomic mass is 32.1. The third kappa shape index (κ3) is 2.88. The van der Waals surface area contributed by atoms with E-state index in [2.05, 4.69) is 33.8 Å². The van der Waals surface area contributed by atoms with Crippen LogP contribution in [0.4, 0.5) is 5.82 Å². The summed E-state index contributed by atoms with van der Waals surface area (Å²) < 4.78 is 1.18. The second-order valence-electron chi connectivity index (χ2n) is 4.27. The number of anilines is 1. The highest BCUT2D eigenvalue weighted by molar-refractivity contribution is 7.17. The fraction of sp³-hybridized carbons (Fsp3) is 0.429. The first-order valence-electron chi connectivity index (χ1n) is 6.41. The van der Waals surface area contributed by atoms with Crippen molar-refractivity contribution in [2.75, 3.05) is 18.0 Å². The summed E-state index contributed by atoms with van der Waals surface area (Å²) in [5.74, 6) is 1.05. The Labute approximate surface area is 112 Å². The van der Waals surface area contributed by atoms with Gasteiger partial charge in [0.15, 0.2) is 0 Å². The molecule has 0 radical (unpaired) electrons. The minimum absolute atomic E-state index is 0.841. The fourth-order valence-electron chi connectivity index (χ4n) is 1.99. The van der Waals surface area contributed by atoms with Crippen LogP contribution in [0.5, 0.6) is 0 Å². The Morgan fingerprint density at radius 1 is 1.39 bits per heavy atom. The summed E-state index contributed by atoms with van der Waals surface area (Å²) in [5, 5.41) is 2.07. The molecule has 0 aromatic carbocycles. The van der Waals surface area contributed by atoms with Crippen LogP contribution in [-0.4, -0.2) is 23.1 Å². The number of rotatable bonds is 7. The molecule has 0 aliphatic carbocycles. The zero-order chi connectivity index (χ0) is 12.8. The predicted molar refractivity (Wildman–Crippen MR) is 79.4 cm³/mol. The van der Waals surface area contributed by atoms with Gasteiger partial charge in [0.1, 0.15) is 12.1 Å². The molecule has 0 saturated carbocycles. The van der Waals surface area contributed by atoms with Crippen LogP contribution in [0, 0.1) is 0 Å². The van der Waals surface area contributed by atoms with Crippen LogP contribution in [0.2, 0.25) is 0 Å². The van der Waals surface area contributed by atoms with Gasteiger partial charge in [-0.25, -0.2) is 9.97 Å². The fourth-order valence-corrected chi connectivity index (χ4v) is 2.86. The number of aromatic nitrogens is 2. The predicted octanol–water partition coefficient (Wildman–Crippen LogP) is 3.87. The molecule has 96 valence electrons. The lowest BCUT2D eigenvalue weighted by molar-refractivity contribution is 0.690. The first kappa shape index (κ1) is 13.0. The van der Waals surface area contributed by atoms with Crippen molar-refractivity contribution in [3.05, 3.63) is 30.4 Å². The molecule has 0 aliphatic rings. The van der Waals surface area contributed by atoms with Crippen LogP contribution in [-0.2, 0) is 0 Å². The number of thiophene rings is 1. The van der Waals surface area contributed by atoms with Crippen LogP contribution in [0.3, 0.4) is 0 Å². The first-order chi connectivity index (χ1) is 8.86. The topological polar surface area (TPSA) is 29.0 Å². The second kappa shape index (κ2) is 6.50. The number of unbranched alkanes of at least 4 members (excludes halogenated alkanes) is 2. The largest absolute Gasteiger partial charge is 0.352 e. The van der Waals surface area contributed by atoms with Gasteiger partial charge in [-0.1, -0.05) is 25.8 Å². The molecular formula is C14H19N3S. The van der Waals surface area contributed by atoms with Crippen molar-refractivity contribution >= 4 is 27.4 Å². The normalized spacial score (nSPS) is 10.7. The standard InChI is InChI=1S/C14H19N3S/c1-3-5-6-9-17(8-4-2)14-13-12(7-10-18-13)15-11-16-14/h4,7,10-11H,2-3,5-6,8-9H2,1H3. The Morgan fingerprint density at radius 2 is 2.28 bits per heavy atom. The molecule has 0 N–H and O–H groups in total. The van der Waals surface area contributed by atoms with E-state index in [0.29, 0.717) is 0 Å². The minimum Gasteiger partial charge on any atom is -0.352 e. The summed E-state index contributed by atoms with van der Waals surface area (Å²) in [6.45, 7) is 7.94. The third-order valence-corrected chi connectivity index (χ3v) is 3.80. The summed E-state index contributed by atoms with van der Waals surface area (Å²) in [4.78, 5) is 11.0. The Balaban J connectivity index is 2.23. The van der Waals surface area contributed by atoms with Crippen LogP contribution in [0.15, 0.2) is 30.4 Å². The molecule has 3 nitrogen and oxygen atoms in total. The van der Waals surface area contributed by atoms with Crippen LogP contribution in [0.1, 0.15) is 26.2 Å². The van der Waals surface area contributed by atoms with Gasteiger partial charge in [0.05, 0.1) is 10.2 Å². The van der Waals surface area contributed by atoms with Crippen LogP contribution < -0.4 is 4.90 Å². The molecule has 2 aromatic rings. The molecule has 0 fully saturated rings. The number of hydrogen-bond donors (Lipinski definition) is 0. The third-order valence-electron chi connectivity index (χ3n) is 2.90. The molecule has 0 aliphatic heterocycles. The molecule has 0 unspecified atom stereocenters. The highest BCUT2D eigenvalue weighted by Gasteiger charge is 2.11. The molecule has 0 spiro atoms. The Hall–Kier alpha value is -1.42. The molecule has 2 rings (SSSR count). The molecular weight excluding hydrogens is 242 g/mol. The summed E-state index contributed by atoms with van der Waals surface area (Å²) in [7, 11) is 0. The van der Waals surface area contributed by atoms with Gasteiger partial charge in [-0.2, -0.15) is 0 Å². The van der Waals surface area contributed by atoms with E-state index in [1.165, 1.54) is 24.0 Å². The van der Waals surface area contributed by atoms with E-state index in [4.69, 9.17) is 0 Å². The number of fused-ring (bicyclic) bond motifs is 1. The average Bonchev–Trinajstić information content (AvgIpc) is 2.86. The van der Waals surface area contributed by atoms with E-state index in [9.17, 15) is 0 Å². The van der Waals surface area contributed by atoms with Crippen molar-refractivity contribution in [1.82, 2.24) is 9.97 Å². The molecule has 2 aromatic heterocycles. The first-order valence-corrected chi connectivity index (χ1v) is 7.28. The Morgan fingerprint density at radius 3 is 3.06 bits per heavy atom.